The van der Waals surface area contributed by atoms with Gasteiger partial charge in [0, 0.05) is 45.5 Å². The van der Waals surface area contributed by atoms with Crippen LogP contribution in [-0.2, 0) is 9.47 Å². The van der Waals surface area contributed by atoms with Crippen molar-refractivity contribution in [1.29, 1.82) is 0 Å². The van der Waals surface area contributed by atoms with E-state index in [9.17, 15) is 0 Å². The number of anilines is 1. The molecule has 1 aromatic rings. The maximum Gasteiger partial charge on any atom is 0.0971 e. The molecule has 110 valence electrons. The van der Waals surface area contributed by atoms with Crippen LogP contribution in [0.2, 0.25) is 0 Å². The van der Waals surface area contributed by atoms with Gasteiger partial charge in [-0.25, -0.2) is 0 Å². The first-order chi connectivity index (χ1) is 9.81. The molecule has 0 amide bonds. The van der Waals surface area contributed by atoms with Gasteiger partial charge in [-0.2, -0.15) is 0 Å². The van der Waals surface area contributed by atoms with Gasteiger partial charge in [0.2, 0.25) is 0 Å². The number of hydrogen-bond acceptors (Lipinski definition) is 4. The lowest BCUT2D eigenvalue weighted by molar-refractivity contribution is -0.00461. The van der Waals surface area contributed by atoms with Gasteiger partial charge in [-0.1, -0.05) is 18.2 Å². The number of nitrogens with zero attached hydrogens (tertiary/aromatic N) is 1. The molecule has 2 aliphatic rings. The van der Waals surface area contributed by atoms with Gasteiger partial charge in [0.05, 0.1) is 12.2 Å². The van der Waals surface area contributed by atoms with Crippen LogP contribution in [0.25, 0.3) is 0 Å². The third-order valence-corrected chi connectivity index (χ3v) is 4.63. The Bertz CT molecular complexity index is 440. The predicted octanol–water partition coefficient (Wildman–Crippen LogP) is 1.93. The molecule has 0 aromatic heterocycles. The first-order valence-electron chi connectivity index (χ1n) is 7.42. The molecule has 1 fully saturated rings. The average Bonchev–Trinajstić information content (AvgIpc) is 3.08. The van der Waals surface area contributed by atoms with Gasteiger partial charge in [0.25, 0.3) is 0 Å². The maximum atomic E-state index is 5.49. The molecule has 0 saturated carbocycles. The van der Waals surface area contributed by atoms with Crippen molar-refractivity contribution < 1.29 is 9.47 Å². The van der Waals surface area contributed by atoms with E-state index < -0.39 is 0 Å². The highest BCUT2D eigenvalue weighted by Gasteiger charge is 2.33. The summed E-state index contributed by atoms with van der Waals surface area (Å²) in [6, 6.07) is 8.66. The first-order valence-corrected chi connectivity index (χ1v) is 7.42. The Balaban J connectivity index is 1.54. The molecule has 2 aliphatic heterocycles. The zero-order valence-corrected chi connectivity index (χ0v) is 12.3. The summed E-state index contributed by atoms with van der Waals surface area (Å²) < 4.78 is 11.0. The summed E-state index contributed by atoms with van der Waals surface area (Å²) >= 11 is 0. The van der Waals surface area contributed by atoms with E-state index in [1.54, 1.807) is 14.2 Å². The van der Waals surface area contributed by atoms with E-state index in [4.69, 9.17) is 9.47 Å². The van der Waals surface area contributed by atoms with Crippen LogP contribution >= 0.6 is 0 Å². The quantitative estimate of drug-likeness (QED) is 0.891. The van der Waals surface area contributed by atoms with Crippen molar-refractivity contribution in [1.82, 2.24) is 4.90 Å². The van der Waals surface area contributed by atoms with Gasteiger partial charge in [-0.15, -0.1) is 0 Å². The van der Waals surface area contributed by atoms with Crippen LogP contribution in [0.4, 0.5) is 5.69 Å². The van der Waals surface area contributed by atoms with Gasteiger partial charge in [0.15, 0.2) is 0 Å². The van der Waals surface area contributed by atoms with Crippen LogP contribution in [-0.4, -0.2) is 57.5 Å². The van der Waals surface area contributed by atoms with Crippen molar-refractivity contribution in [3.05, 3.63) is 29.8 Å². The highest BCUT2D eigenvalue weighted by molar-refractivity contribution is 5.57. The summed E-state index contributed by atoms with van der Waals surface area (Å²) in [4.78, 5) is 2.46. The van der Waals surface area contributed by atoms with Crippen molar-refractivity contribution >= 4 is 5.69 Å². The lowest BCUT2D eigenvalue weighted by atomic mass is 9.98. The largest absolute Gasteiger partial charge is 0.384 e. The Morgan fingerprint density at radius 2 is 1.85 bits per heavy atom. The minimum Gasteiger partial charge on any atom is -0.384 e. The van der Waals surface area contributed by atoms with Crippen LogP contribution in [0.3, 0.4) is 0 Å². The molecule has 3 unspecified atom stereocenters. The number of hydrogen-bond donors (Lipinski definition) is 1. The zero-order chi connectivity index (χ0) is 13.9. The molecule has 4 nitrogen and oxygen atoms in total. The van der Waals surface area contributed by atoms with Gasteiger partial charge in [0.1, 0.15) is 0 Å². The third kappa shape index (κ3) is 2.68. The summed E-state index contributed by atoms with van der Waals surface area (Å²) in [5.74, 6) is 0.633. The minimum atomic E-state index is 0.217. The molecule has 1 N–H and O–H groups in total. The number of benzene rings is 1. The summed E-state index contributed by atoms with van der Waals surface area (Å²) in [7, 11) is 3.55. The smallest absolute Gasteiger partial charge is 0.0971 e. The molecular formula is C16H24N2O2. The Kier molecular flexibility index (Phi) is 4.24. The fourth-order valence-corrected chi connectivity index (χ4v) is 3.41. The normalized spacial score (nSPS) is 29.4. The van der Waals surface area contributed by atoms with Gasteiger partial charge in [-0.05, 0) is 24.6 Å². The molecule has 1 aromatic carbocycles. The standard InChI is InChI=1S/C16H24N2O2/c1-19-15-10-18(11-16(15)20-2)8-7-12-9-17-14-6-4-3-5-13(12)14/h3-6,12,15-17H,7-11H2,1-2H3. The van der Waals surface area contributed by atoms with Crippen molar-refractivity contribution in [3.8, 4) is 0 Å². The fraction of sp³-hybridized carbons (Fsp3) is 0.625. The van der Waals surface area contributed by atoms with E-state index in [1.165, 1.54) is 17.7 Å². The van der Waals surface area contributed by atoms with Crippen LogP contribution in [0, 0.1) is 0 Å². The van der Waals surface area contributed by atoms with E-state index in [-0.39, 0.29) is 12.2 Å². The second-order valence-corrected chi connectivity index (χ2v) is 5.76. The molecule has 3 atom stereocenters. The third-order valence-electron chi connectivity index (χ3n) is 4.63. The lowest BCUT2D eigenvalue weighted by Crippen LogP contribution is -2.27. The fourth-order valence-electron chi connectivity index (χ4n) is 3.41. The molecule has 3 rings (SSSR count). The first kappa shape index (κ1) is 13.9. The number of fused-ring (bicyclic) bond motifs is 1. The number of nitrogens with one attached hydrogen (secondary N) is 1. The summed E-state index contributed by atoms with van der Waals surface area (Å²) in [5.41, 5.74) is 2.78. The van der Waals surface area contributed by atoms with Crippen LogP contribution in [0.5, 0.6) is 0 Å². The van der Waals surface area contributed by atoms with Crippen molar-refractivity contribution in [2.45, 2.75) is 24.5 Å². The Labute approximate surface area is 121 Å². The van der Waals surface area contributed by atoms with E-state index in [1.807, 2.05) is 0 Å². The Hall–Kier alpha value is -1.10. The van der Waals surface area contributed by atoms with Crippen LogP contribution in [0.15, 0.2) is 24.3 Å². The molecule has 0 spiro atoms. The molecule has 1 saturated heterocycles. The van der Waals surface area contributed by atoms with E-state index >= 15 is 0 Å². The monoisotopic (exact) mass is 276 g/mol. The second kappa shape index (κ2) is 6.12. The zero-order valence-electron chi connectivity index (χ0n) is 12.3. The number of para-hydroxylation sites is 1. The molecular weight excluding hydrogens is 252 g/mol. The topological polar surface area (TPSA) is 33.7 Å². The van der Waals surface area contributed by atoms with Crippen molar-refractivity contribution in [3.63, 3.8) is 0 Å². The number of methoxy groups -OCH3 is 2. The number of likely N-dealkylation sites (tertiary alicyclic amines) is 1. The highest BCUT2D eigenvalue weighted by Crippen LogP contribution is 2.33. The molecule has 0 bridgehead atoms. The molecule has 4 heteroatoms. The maximum absolute atomic E-state index is 5.49. The van der Waals surface area contributed by atoms with E-state index in [0.717, 1.165) is 26.2 Å². The van der Waals surface area contributed by atoms with Gasteiger partial charge >= 0.3 is 0 Å². The molecule has 2 heterocycles. The van der Waals surface area contributed by atoms with Crippen molar-refractivity contribution in [2.75, 3.05) is 45.7 Å². The number of ether oxygens (including phenoxy) is 2. The summed E-state index contributed by atoms with van der Waals surface area (Å²) in [5, 5.41) is 3.50. The number of rotatable bonds is 5. The summed E-state index contributed by atoms with van der Waals surface area (Å²) in [6.07, 6.45) is 1.62. The predicted molar refractivity (Wildman–Crippen MR) is 80.3 cm³/mol. The highest BCUT2D eigenvalue weighted by atomic mass is 16.5. The lowest BCUT2D eigenvalue weighted by Gasteiger charge is -2.18. The van der Waals surface area contributed by atoms with E-state index in [2.05, 4.69) is 34.5 Å². The van der Waals surface area contributed by atoms with Gasteiger partial charge < -0.3 is 14.8 Å². The Morgan fingerprint density at radius 3 is 2.55 bits per heavy atom. The minimum absolute atomic E-state index is 0.217. The SMILES string of the molecule is COC1CN(CCC2CNc3ccccc32)CC1OC. The van der Waals surface area contributed by atoms with Gasteiger partial charge in [-0.3, -0.25) is 4.90 Å². The van der Waals surface area contributed by atoms with E-state index in [0.29, 0.717) is 5.92 Å². The summed E-state index contributed by atoms with van der Waals surface area (Å²) in [6.45, 7) is 4.14. The van der Waals surface area contributed by atoms with Crippen LogP contribution < -0.4 is 5.32 Å². The second-order valence-electron chi connectivity index (χ2n) is 5.76. The molecule has 20 heavy (non-hydrogen) atoms. The average molecular weight is 276 g/mol. The molecule has 0 aliphatic carbocycles. The Morgan fingerprint density at radius 1 is 1.15 bits per heavy atom. The van der Waals surface area contributed by atoms with Crippen molar-refractivity contribution in [2.24, 2.45) is 0 Å². The van der Waals surface area contributed by atoms with Crippen LogP contribution in [0.1, 0.15) is 17.9 Å². The molecule has 0 radical (unpaired) electrons.